The molecule has 0 saturated carbocycles. The predicted molar refractivity (Wildman–Crippen MR) is 112 cm³/mol. The third kappa shape index (κ3) is 3.06. The van der Waals surface area contributed by atoms with Crippen LogP contribution in [-0.2, 0) is 0 Å². The third-order valence-electron chi connectivity index (χ3n) is 5.39. The summed E-state index contributed by atoms with van der Waals surface area (Å²) in [6.45, 7) is 1.32. The van der Waals surface area contributed by atoms with Crippen molar-refractivity contribution in [2.24, 2.45) is 5.73 Å². The first-order valence-corrected chi connectivity index (χ1v) is 10.4. The van der Waals surface area contributed by atoms with Crippen LogP contribution in [0.2, 0.25) is 0 Å². The Labute approximate surface area is 166 Å². The molecule has 1 saturated heterocycles. The number of fused-ring (bicyclic) bond motifs is 1. The Balaban J connectivity index is 1.48. The summed E-state index contributed by atoms with van der Waals surface area (Å²) in [5.41, 5.74) is 11.0. The molecule has 3 N–H and O–H groups in total. The van der Waals surface area contributed by atoms with Gasteiger partial charge in [-0.05, 0) is 36.5 Å². The zero-order valence-corrected chi connectivity index (χ0v) is 16.2. The molecule has 0 radical (unpaired) electrons. The van der Waals surface area contributed by atoms with Crippen molar-refractivity contribution in [1.29, 1.82) is 0 Å². The van der Waals surface area contributed by atoms with Gasteiger partial charge in [0.05, 0.1) is 5.69 Å². The molecule has 142 valence electrons. The van der Waals surface area contributed by atoms with E-state index in [-0.39, 0.29) is 11.9 Å². The molecule has 5 rings (SSSR count). The number of hydrogen-bond donors (Lipinski definition) is 2. The van der Waals surface area contributed by atoms with E-state index in [1.165, 1.54) is 16.9 Å². The SMILES string of the molecule is NC1CCN(C(=O)c2nc(-c3c[nH]c4ncc(C5=CC=CCC5)cc34)cs2)C1. The van der Waals surface area contributed by atoms with E-state index in [1.807, 2.05) is 17.8 Å². The van der Waals surface area contributed by atoms with Gasteiger partial charge in [-0.25, -0.2) is 9.97 Å². The first kappa shape index (κ1) is 17.3. The van der Waals surface area contributed by atoms with Crippen LogP contribution in [0.1, 0.15) is 34.6 Å². The van der Waals surface area contributed by atoms with Crippen LogP contribution in [-0.4, -0.2) is 44.9 Å². The smallest absolute Gasteiger partial charge is 0.282 e. The maximum Gasteiger partial charge on any atom is 0.282 e. The van der Waals surface area contributed by atoms with Crippen LogP contribution in [0.5, 0.6) is 0 Å². The van der Waals surface area contributed by atoms with Gasteiger partial charge in [-0.3, -0.25) is 4.79 Å². The Bertz CT molecular complexity index is 1110. The van der Waals surface area contributed by atoms with Crippen LogP contribution in [0, 0.1) is 0 Å². The number of aromatic nitrogens is 3. The average Bonchev–Trinajstić information content (AvgIpc) is 3.46. The van der Waals surface area contributed by atoms with Crippen molar-refractivity contribution >= 4 is 33.9 Å². The standard InChI is InChI=1S/C21H21N5OS/c22-15-6-7-26(11-15)21(27)20-25-18(12-28-20)17-10-24-19-16(17)8-14(9-23-19)13-4-2-1-3-5-13/h1-2,4,8-10,12,15H,3,5-7,11,22H2,(H,23,24). The highest BCUT2D eigenvalue weighted by Crippen LogP contribution is 2.32. The maximum absolute atomic E-state index is 12.7. The Morgan fingerprint density at radius 1 is 1.39 bits per heavy atom. The summed E-state index contributed by atoms with van der Waals surface area (Å²) in [6, 6.07) is 2.24. The fraction of sp³-hybridized carbons (Fsp3) is 0.286. The molecule has 1 atom stereocenters. The van der Waals surface area contributed by atoms with E-state index in [9.17, 15) is 4.79 Å². The first-order chi connectivity index (χ1) is 13.7. The number of allylic oxidation sites excluding steroid dienone is 4. The van der Waals surface area contributed by atoms with Gasteiger partial charge in [0.2, 0.25) is 0 Å². The number of aromatic amines is 1. The lowest BCUT2D eigenvalue weighted by Crippen LogP contribution is -2.31. The summed E-state index contributed by atoms with van der Waals surface area (Å²) < 4.78 is 0. The predicted octanol–water partition coefficient (Wildman–Crippen LogP) is 3.59. The van der Waals surface area contributed by atoms with Crippen LogP contribution in [0.4, 0.5) is 0 Å². The van der Waals surface area contributed by atoms with Crippen LogP contribution >= 0.6 is 11.3 Å². The molecule has 1 fully saturated rings. The minimum Gasteiger partial charge on any atom is -0.345 e. The number of carbonyl (C=O) groups excluding carboxylic acids is 1. The molecule has 0 spiro atoms. The molecule has 1 amide bonds. The van der Waals surface area contributed by atoms with Gasteiger partial charge >= 0.3 is 0 Å². The van der Waals surface area contributed by atoms with Crippen molar-refractivity contribution in [3.63, 3.8) is 0 Å². The lowest BCUT2D eigenvalue weighted by molar-refractivity contribution is 0.0790. The number of amides is 1. The van der Waals surface area contributed by atoms with Crippen LogP contribution in [0.15, 0.2) is 42.1 Å². The quantitative estimate of drug-likeness (QED) is 0.714. The Hall–Kier alpha value is -2.77. The van der Waals surface area contributed by atoms with E-state index in [1.54, 1.807) is 4.90 Å². The van der Waals surface area contributed by atoms with Gasteiger partial charge in [-0.15, -0.1) is 11.3 Å². The molecule has 6 nitrogen and oxygen atoms in total. The number of nitrogens with one attached hydrogen (secondary N) is 1. The van der Waals surface area contributed by atoms with Crippen molar-refractivity contribution in [3.8, 4) is 11.3 Å². The highest BCUT2D eigenvalue weighted by molar-refractivity contribution is 7.12. The number of rotatable bonds is 3. The van der Waals surface area contributed by atoms with Crippen molar-refractivity contribution in [3.05, 3.63) is 52.6 Å². The second kappa shape index (κ2) is 7.00. The largest absolute Gasteiger partial charge is 0.345 e. The maximum atomic E-state index is 12.7. The molecule has 4 heterocycles. The number of likely N-dealkylation sites (tertiary alicyclic amines) is 1. The zero-order valence-electron chi connectivity index (χ0n) is 15.4. The van der Waals surface area contributed by atoms with Gasteiger partial charge in [-0.2, -0.15) is 0 Å². The molecule has 7 heteroatoms. The lowest BCUT2D eigenvalue weighted by Gasteiger charge is -2.13. The number of nitrogens with zero attached hydrogens (tertiary/aromatic N) is 3. The van der Waals surface area contributed by atoms with E-state index in [4.69, 9.17) is 5.73 Å². The van der Waals surface area contributed by atoms with Crippen molar-refractivity contribution in [2.75, 3.05) is 13.1 Å². The number of H-pyrrole nitrogens is 1. The first-order valence-electron chi connectivity index (χ1n) is 9.53. The molecule has 2 aliphatic rings. The molecule has 0 aromatic carbocycles. The topological polar surface area (TPSA) is 87.9 Å². The van der Waals surface area contributed by atoms with E-state index < -0.39 is 0 Å². The summed E-state index contributed by atoms with van der Waals surface area (Å²) >= 11 is 1.39. The monoisotopic (exact) mass is 391 g/mol. The zero-order chi connectivity index (χ0) is 19.1. The van der Waals surface area contributed by atoms with Crippen molar-refractivity contribution in [2.45, 2.75) is 25.3 Å². The van der Waals surface area contributed by atoms with E-state index in [2.05, 4.69) is 39.2 Å². The summed E-state index contributed by atoms with van der Waals surface area (Å²) in [6.07, 6.45) is 13.2. The molecule has 1 aliphatic carbocycles. The number of pyridine rings is 1. The fourth-order valence-electron chi connectivity index (χ4n) is 3.84. The van der Waals surface area contributed by atoms with Crippen LogP contribution in [0.25, 0.3) is 27.9 Å². The second-order valence-electron chi connectivity index (χ2n) is 7.32. The highest BCUT2D eigenvalue weighted by atomic mass is 32.1. The molecule has 1 aliphatic heterocycles. The summed E-state index contributed by atoms with van der Waals surface area (Å²) in [4.78, 5) is 26.9. The van der Waals surface area contributed by atoms with Gasteiger partial charge in [0, 0.05) is 47.9 Å². The Kier molecular flexibility index (Phi) is 4.33. The minimum absolute atomic E-state index is 0.0259. The minimum atomic E-state index is -0.0259. The third-order valence-corrected chi connectivity index (χ3v) is 6.22. The Morgan fingerprint density at radius 3 is 3.11 bits per heavy atom. The van der Waals surface area contributed by atoms with Crippen LogP contribution in [0.3, 0.4) is 0 Å². The van der Waals surface area contributed by atoms with Gasteiger partial charge in [0.1, 0.15) is 5.65 Å². The van der Waals surface area contributed by atoms with E-state index in [0.29, 0.717) is 18.1 Å². The average molecular weight is 392 g/mol. The van der Waals surface area contributed by atoms with Gasteiger partial charge < -0.3 is 15.6 Å². The van der Waals surface area contributed by atoms with Gasteiger partial charge in [-0.1, -0.05) is 18.2 Å². The van der Waals surface area contributed by atoms with Crippen LogP contribution < -0.4 is 5.73 Å². The van der Waals surface area contributed by atoms with E-state index in [0.717, 1.165) is 47.1 Å². The number of hydrogen-bond acceptors (Lipinski definition) is 5. The van der Waals surface area contributed by atoms with Gasteiger partial charge in [0.25, 0.3) is 5.91 Å². The van der Waals surface area contributed by atoms with E-state index >= 15 is 0 Å². The van der Waals surface area contributed by atoms with Crippen molar-refractivity contribution in [1.82, 2.24) is 19.9 Å². The number of carbonyl (C=O) groups is 1. The molecule has 1 unspecified atom stereocenters. The fourth-order valence-corrected chi connectivity index (χ4v) is 4.62. The summed E-state index contributed by atoms with van der Waals surface area (Å²) in [5, 5.41) is 3.49. The molecule has 28 heavy (non-hydrogen) atoms. The molecule has 3 aromatic rings. The van der Waals surface area contributed by atoms with Crippen molar-refractivity contribution < 1.29 is 4.79 Å². The highest BCUT2D eigenvalue weighted by Gasteiger charge is 2.26. The molecule has 3 aromatic heterocycles. The molecular formula is C21H21N5OS. The number of thiazole rings is 1. The molecular weight excluding hydrogens is 370 g/mol. The Morgan fingerprint density at radius 2 is 2.32 bits per heavy atom. The second-order valence-corrected chi connectivity index (χ2v) is 8.18. The lowest BCUT2D eigenvalue weighted by atomic mass is 9.97. The van der Waals surface area contributed by atoms with Gasteiger partial charge in [0.15, 0.2) is 5.01 Å². The summed E-state index contributed by atoms with van der Waals surface area (Å²) in [7, 11) is 0. The summed E-state index contributed by atoms with van der Waals surface area (Å²) in [5.74, 6) is -0.0259. The normalized spacial score (nSPS) is 19.4. The number of nitrogens with two attached hydrogens (primary N) is 1. The molecule has 0 bridgehead atoms.